The van der Waals surface area contributed by atoms with Crippen LogP contribution >= 0.6 is 11.3 Å². The maximum Gasteiger partial charge on any atom is 0.352 e. The smallest absolute Gasteiger partial charge is 0.352 e. The van der Waals surface area contributed by atoms with Gasteiger partial charge in [-0.15, -0.1) is 11.3 Å². The van der Waals surface area contributed by atoms with Gasteiger partial charge in [0.05, 0.1) is 6.61 Å². The zero-order chi connectivity index (χ0) is 11.7. The summed E-state index contributed by atoms with van der Waals surface area (Å²) in [7, 11) is 0. The summed E-state index contributed by atoms with van der Waals surface area (Å²) in [4.78, 5) is 11.6. The van der Waals surface area contributed by atoms with E-state index < -0.39 is 11.8 Å². The van der Waals surface area contributed by atoms with Gasteiger partial charge in [-0.2, -0.15) is 0 Å². The molecule has 0 saturated heterocycles. The Bertz CT molecular complexity index is 547. The van der Waals surface area contributed by atoms with Crippen LogP contribution in [-0.2, 0) is 4.74 Å². The second-order valence-corrected chi connectivity index (χ2v) is 4.19. The number of rotatable bonds is 2. The molecule has 0 atom stereocenters. The quantitative estimate of drug-likeness (QED) is 0.821. The molecule has 2 aromatic rings. The number of benzene rings is 1. The predicted octanol–water partition coefficient (Wildman–Crippen LogP) is 2.92. The highest BCUT2D eigenvalue weighted by molar-refractivity contribution is 7.21. The van der Waals surface area contributed by atoms with Crippen LogP contribution in [0, 0.1) is 5.82 Å². The molecule has 0 bridgehead atoms. The first-order valence-electron chi connectivity index (χ1n) is 4.71. The van der Waals surface area contributed by atoms with E-state index in [1.54, 1.807) is 6.92 Å². The largest absolute Gasteiger partial charge is 0.505 e. The van der Waals surface area contributed by atoms with Gasteiger partial charge in [0.2, 0.25) is 0 Å². The molecule has 0 radical (unpaired) electrons. The van der Waals surface area contributed by atoms with Gasteiger partial charge in [-0.05, 0) is 25.1 Å². The first-order chi connectivity index (χ1) is 7.63. The van der Waals surface area contributed by atoms with Crippen molar-refractivity contribution in [1.29, 1.82) is 0 Å². The summed E-state index contributed by atoms with van der Waals surface area (Å²) < 4.78 is 18.4. The average molecular weight is 240 g/mol. The molecule has 1 N–H and O–H groups in total. The SMILES string of the molecule is CCOC(=O)c1sc2ccc(F)cc2c1O. The highest BCUT2D eigenvalue weighted by Crippen LogP contribution is 2.37. The van der Waals surface area contributed by atoms with E-state index >= 15 is 0 Å². The molecule has 0 aliphatic carbocycles. The first-order valence-corrected chi connectivity index (χ1v) is 5.53. The Morgan fingerprint density at radius 3 is 3.00 bits per heavy atom. The lowest BCUT2D eigenvalue weighted by Gasteiger charge is -1.98. The van der Waals surface area contributed by atoms with E-state index in [1.165, 1.54) is 18.2 Å². The minimum atomic E-state index is -0.582. The van der Waals surface area contributed by atoms with Crippen LogP contribution in [0.2, 0.25) is 0 Å². The van der Waals surface area contributed by atoms with Crippen molar-refractivity contribution >= 4 is 27.4 Å². The zero-order valence-corrected chi connectivity index (χ0v) is 9.31. The molecular formula is C11H9FO3S. The summed E-state index contributed by atoms with van der Waals surface area (Å²) in [5, 5.41) is 10.1. The van der Waals surface area contributed by atoms with Gasteiger partial charge in [0.1, 0.15) is 11.6 Å². The van der Waals surface area contributed by atoms with E-state index in [0.29, 0.717) is 10.1 Å². The average Bonchev–Trinajstić information content (AvgIpc) is 2.57. The molecule has 1 aromatic carbocycles. The van der Waals surface area contributed by atoms with Crippen molar-refractivity contribution in [3.8, 4) is 5.75 Å². The van der Waals surface area contributed by atoms with Crippen LogP contribution in [-0.4, -0.2) is 17.7 Å². The van der Waals surface area contributed by atoms with Crippen molar-refractivity contribution in [1.82, 2.24) is 0 Å². The molecule has 3 nitrogen and oxygen atoms in total. The molecule has 0 spiro atoms. The van der Waals surface area contributed by atoms with Crippen molar-refractivity contribution < 1.29 is 19.0 Å². The molecule has 0 aliphatic rings. The maximum absolute atomic E-state index is 13.0. The van der Waals surface area contributed by atoms with Gasteiger partial charge in [0.15, 0.2) is 4.88 Å². The molecule has 0 fully saturated rings. The summed E-state index contributed by atoms with van der Waals surface area (Å²) in [6, 6.07) is 4.01. The minimum absolute atomic E-state index is 0.113. The van der Waals surface area contributed by atoms with Crippen molar-refractivity contribution in [3.05, 3.63) is 28.9 Å². The number of carbonyl (C=O) groups excluding carboxylic acids is 1. The standard InChI is InChI=1S/C11H9FO3S/c1-2-15-11(14)10-9(13)7-5-6(12)3-4-8(7)16-10/h3-5,13H,2H2,1H3. The van der Waals surface area contributed by atoms with Gasteiger partial charge in [-0.1, -0.05) is 0 Å². The lowest BCUT2D eigenvalue weighted by molar-refractivity contribution is 0.0529. The topological polar surface area (TPSA) is 46.5 Å². The number of ether oxygens (including phenoxy) is 1. The Hall–Kier alpha value is -1.62. The number of carbonyl (C=O) groups is 1. The van der Waals surface area contributed by atoms with Crippen molar-refractivity contribution in [2.75, 3.05) is 6.61 Å². The number of hydrogen-bond acceptors (Lipinski definition) is 4. The third-order valence-corrected chi connectivity index (χ3v) is 3.22. The Kier molecular flexibility index (Phi) is 2.78. The highest BCUT2D eigenvalue weighted by Gasteiger charge is 2.19. The Morgan fingerprint density at radius 1 is 1.56 bits per heavy atom. The van der Waals surface area contributed by atoms with Crippen LogP contribution in [0.25, 0.3) is 10.1 Å². The summed E-state index contributed by atoms with van der Waals surface area (Å²) >= 11 is 1.09. The molecule has 0 saturated carbocycles. The van der Waals surface area contributed by atoms with Gasteiger partial charge in [0.25, 0.3) is 0 Å². The summed E-state index contributed by atoms with van der Waals surface area (Å²) in [5.74, 6) is -1.24. The first kappa shape index (κ1) is 10.9. The maximum atomic E-state index is 13.0. The number of esters is 1. The summed E-state index contributed by atoms with van der Waals surface area (Å²) in [6.07, 6.45) is 0. The van der Waals surface area contributed by atoms with E-state index in [9.17, 15) is 14.3 Å². The normalized spacial score (nSPS) is 10.6. The molecule has 0 aliphatic heterocycles. The molecule has 16 heavy (non-hydrogen) atoms. The van der Waals surface area contributed by atoms with Crippen molar-refractivity contribution in [3.63, 3.8) is 0 Å². The van der Waals surface area contributed by atoms with Gasteiger partial charge in [-0.3, -0.25) is 0 Å². The summed E-state index contributed by atoms with van der Waals surface area (Å²) in [5.41, 5.74) is 0. The fourth-order valence-electron chi connectivity index (χ4n) is 1.39. The monoisotopic (exact) mass is 240 g/mol. The van der Waals surface area contributed by atoms with E-state index in [2.05, 4.69) is 0 Å². The minimum Gasteiger partial charge on any atom is -0.505 e. The van der Waals surface area contributed by atoms with Crippen molar-refractivity contribution in [2.24, 2.45) is 0 Å². The van der Waals surface area contributed by atoms with Crippen molar-refractivity contribution in [2.45, 2.75) is 6.92 Å². The Labute approximate surface area is 95.1 Å². The van der Waals surface area contributed by atoms with E-state index in [-0.39, 0.29) is 17.2 Å². The number of hydrogen-bond donors (Lipinski definition) is 1. The van der Waals surface area contributed by atoms with Crippen LogP contribution in [0.3, 0.4) is 0 Å². The Balaban J connectivity index is 2.56. The van der Waals surface area contributed by atoms with E-state index in [0.717, 1.165) is 11.3 Å². The molecule has 0 amide bonds. The molecule has 1 heterocycles. The van der Waals surface area contributed by atoms with Gasteiger partial charge >= 0.3 is 5.97 Å². The second kappa shape index (κ2) is 4.09. The highest BCUT2D eigenvalue weighted by atomic mass is 32.1. The van der Waals surface area contributed by atoms with Crippen LogP contribution in [0.5, 0.6) is 5.75 Å². The fraction of sp³-hybridized carbons (Fsp3) is 0.182. The number of aromatic hydroxyl groups is 1. The molecule has 5 heteroatoms. The molecule has 0 unspecified atom stereocenters. The second-order valence-electron chi connectivity index (χ2n) is 3.14. The number of thiophene rings is 1. The zero-order valence-electron chi connectivity index (χ0n) is 8.49. The van der Waals surface area contributed by atoms with Crippen LogP contribution in [0.1, 0.15) is 16.6 Å². The number of halogens is 1. The third-order valence-electron chi connectivity index (χ3n) is 2.08. The molecule has 2 rings (SSSR count). The Morgan fingerprint density at radius 2 is 2.31 bits per heavy atom. The van der Waals surface area contributed by atoms with E-state index in [4.69, 9.17) is 4.74 Å². The third kappa shape index (κ3) is 1.74. The number of fused-ring (bicyclic) bond motifs is 1. The summed E-state index contributed by atoms with van der Waals surface area (Å²) in [6.45, 7) is 1.92. The predicted molar refractivity (Wildman–Crippen MR) is 59.4 cm³/mol. The van der Waals surface area contributed by atoms with Crippen LogP contribution in [0.4, 0.5) is 4.39 Å². The molecular weight excluding hydrogens is 231 g/mol. The molecule has 84 valence electrons. The van der Waals surface area contributed by atoms with Gasteiger partial charge < -0.3 is 9.84 Å². The van der Waals surface area contributed by atoms with Crippen LogP contribution < -0.4 is 0 Å². The lowest BCUT2D eigenvalue weighted by atomic mass is 10.2. The lowest BCUT2D eigenvalue weighted by Crippen LogP contribution is -2.01. The fourth-order valence-corrected chi connectivity index (χ4v) is 2.36. The molecule has 1 aromatic heterocycles. The van der Waals surface area contributed by atoms with Crippen LogP contribution in [0.15, 0.2) is 18.2 Å². The van der Waals surface area contributed by atoms with Gasteiger partial charge in [-0.25, -0.2) is 9.18 Å². The van der Waals surface area contributed by atoms with E-state index in [1.807, 2.05) is 0 Å². The van der Waals surface area contributed by atoms with Gasteiger partial charge in [0, 0.05) is 10.1 Å².